The largest absolute Gasteiger partial charge is 0.486 e. The second kappa shape index (κ2) is 4.72. The van der Waals surface area contributed by atoms with Gasteiger partial charge in [-0.05, 0) is 20.8 Å². The number of nitrogens with one attached hydrogen (secondary N) is 1. The van der Waals surface area contributed by atoms with Gasteiger partial charge < -0.3 is 14.2 Å². The van der Waals surface area contributed by atoms with Gasteiger partial charge in [0.2, 0.25) is 0 Å². The van der Waals surface area contributed by atoms with Crippen molar-refractivity contribution in [2.24, 2.45) is 0 Å². The molecule has 0 radical (unpaired) electrons. The fraction of sp³-hybridized carbons (Fsp3) is 0.500. The number of aromatic nitrogens is 1. The molecule has 0 unspecified atom stereocenters. The first-order valence-corrected chi connectivity index (χ1v) is 5.70. The molecule has 0 atom stereocenters. The first-order valence-electron chi connectivity index (χ1n) is 5.70. The molecule has 0 spiro atoms. The second-order valence-corrected chi connectivity index (χ2v) is 4.84. The lowest BCUT2D eigenvalue weighted by molar-refractivity contribution is 0.0635. The monoisotopic (exact) mass is 252 g/mol. The molecule has 18 heavy (non-hydrogen) atoms. The highest BCUT2D eigenvalue weighted by molar-refractivity contribution is 5.84. The maximum absolute atomic E-state index is 11.6. The van der Waals surface area contributed by atoms with Gasteiger partial charge in [0, 0.05) is 6.07 Å². The van der Waals surface area contributed by atoms with Crippen molar-refractivity contribution < 1.29 is 19.0 Å². The first-order chi connectivity index (χ1) is 8.44. The number of nitrogens with zero attached hydrogens (tertiary/aromatic N) is 1. The van der Waals surface area contributed by atoms with Crippen LogP contribution in [0.15, 0.2) is 12.3 Å². The number of carbonyl (C=O) groups excluding carboxylic acids is 1. The molecular weight excluding hydrogens is 236 g/mol. The molecule has 1 aromatic heterocycles. The van der Waals surface area contributed by atoms with Crippen molar-refractivity contribution in [3.05, 3.63) is 12.3 Å². The Bertz CT molecular complexity index is 454. The van der Waals surface area contributed by atoms with E-state index in [2.05, 4.69) is 10.3 Å². The number of carbonyl (C=O) groups is 1. The second-order valence-electron chi connectivity index (χ2n) is 4.84. The summed E-state index contributed by atoms with van der Waals surface area (Å²) in [6.45, 7) is 6.38. The van der Waals surface area contributed by atoms with Crippen LogP contribution >= 0.6 is 0 Å². The van der Waals surface area contributed by atoms with E-state index in [1.807, 2.05) is 0 Å². The first kappa shape index (κ1) is 12.5. The summed E-state index contributed by atoms with van der Waals surface area (Å²) in [5.41, 5.74) is -0.544. The Morgan fingerprint density at radius 2 is 2.00 bits per heavy atom. The van der Waals surface area contributed by atoms with Crippen LogP contribution in [-0.4, -0.2) is 29.9 Å². The summed E-state index contributed by atoms with van der Waals surface area (Å²) in [4.78, 5) is 15.6. The van der Waals surface area contributed by atoms with Crippen LogP contribution in [0.25, 0.3) is 0 Å². The number of anilines is 1. The van der Waals surface area contributed by atoms with E-state index in [1.165, 1.54) is 6.20 Å². The summed E-state index contributed by atoms with van der Waals surface area (Å²) in [5.74, 6) is 1.52. The minimum atomic E-state index is -0.549. The van der Waals surface area contributed by atoms with Gasteiger partial charge in [0.1, 0.15) is 24.6 Å². The molecule has 2 heterocycles. The Hall–Kier alpha value is -1.98. The summed E-state index contributed by atoms with van der Waals surface area (Å²) in [7, 11) is 0. The van der Waals surface area contributed by atoms with E-state index < -0.39 is 11.7 Å². The molecule has 0 aromatic carbocycles. The van der Waals surface area contributed by atoms with Gasteiger partial charge in [-0.3, -0.25) is 5.32 Å². The van der Waals surface area contributed by atoms with E-state index in [4.69, 9.17) is 14.2 Å². The highest BCUT2D eigenvalue weighted by Gasteiger charge is 2.18. The van der Waals surface area contributed by atoms with Gasteiger partial charge in [-0.2, -0.15) is 0 Å². The molecule has 0 bridgehead atoms. The number of hydrogen-bond acceptors (Lipinski definition) is 5. The van der Waals surface area contributed by atoms with Crippen molar-refractivity contribution in [3.63, 3.8) is 0 Å². The zero-order chi connectivity index (χ0) is 13.2. The fourth-order valence-electron chi connectivity index (χ4n) is 1.43. The SMILES string of the molecule is CC(C)(C)OC(=O)Nc1cc2c(cn1)OCCO2. The number of hydrogen-bond donors (Lipinski definition) is 1. The Morgan fingerprint density at radius 3 is 2.67 bits per heavy atom. The molecule has 1 amide bonds. The smallest absolute Gasteiger partial charge is 0.413 e. The average Bonchev–Trinajstić information content (AvgIpc) is 2.26. The molecule has 1 aliphatic heterocycles. The predicted octanol–water partition coefficient (Wildman–Crippen LogP) is 2.20. The number of amides is 1. The van der Waals surface area contributed by atoms with Crippen molar-refractivity contribution in [2.45, 2.75) is 26.4 Å². The van der Waals surface area contributed by atoms with Crippen LogP contribution in [0.2, 0.25) is 0 Å². The van der Waals surface area contributed by atoms with Crippen LogP contribution < -0.4 is 14.8 Å². The third-order valence-electron chi connectivity index (χ3n) is 2.06. The van der Waals surface area contributed by atoms with Crippen molar-refractivity contribution in [1.82, 2.24) is 4.98 Å². The quantitative estimate of drug-likeness (QED) is 0.829. The van der Waals surface area contributed by atoms with E-state index in [9.17, 15) is 4.79 Å². The molecule has 1 N–H and O–H groups in total. The summed E-state index contributed by atoms with van der Waals surface area (Å²) < 4.78 is 15.8. The molecule has 0 aliphatic carbocycles. The predicted molar refractivity (Wildman–Crippen MR) is 65.1 cm³/mol. The van der Waals surface area contributed by atoms with E-state index >= 15 is 0 Å². The highest BCUT2D eigenvalue weighted by Crippen LogP contribution is 2.30. The van der Waals surface area contributed by atoms with Gasteiger partial charge in [-0.1, -0.05) is 0 Å². The van der Waals surface area contributed by atoms with Crippen molar-refractivity contribution in [3.8, 4) is 11.5 Å². The van der Waals surface area contributed by atoms with Crippen LogP contribution in [0.1, 0.15) is 20.8 Å². The summed E-state index contributed by atoms with van der Waals surface area (Å²) in [6.07, 6.45) is 0.966. The van der Waals surface area contributed by atoms with Gasteiger partial charge in [0.15, 0.2) is 11.5 Å². The Labute approximate surface area is 105 Å². The maximum atomic E-state index is 11.6. The van der Waals surface area contributed by atoms with Crippen LogP contribution in [0.5, 0.6) is 11.5 Å². The minimum Gasteiger partial charge on any atom is -0.486 e. The minimum absolute atomic E-state index is 0.369. The number of fused-ring (bicyclic) bond motifs is 1. The zero-order valence-electron chi connectivity index (χ0n) is 10.6. The standard InChI is InChI=1S/C12H16N2O4/c1-12(2,3)18-11(15)14-10-6-8-9(7-13-10)17-5-4-16-8/h6-7H,4-5H2,1-3H3,(H,13,14,15). The lowest BCUT2D eigenvalue weighted by Crippen LogP contribution is -2.27. The van der Waals surface area contributed by atoms with E-state index in [0.29, 0.717) is 30.5 Å². The summed E-state index contributed by atoms with van der Waals surface area (Å²) >= 11 is 0. The molecule has 6 heteroatoms. The highest BCUT2D eigenvalue weighted by atomic mass is 16.6. The molecular formula is C12H16N2O4. The molecule has 0 fully saturated rings. The molecule has 1 aliphatic rings. The third-order valence-corrected chi connectivity index (χ3v) is 2.06. The summed E-state index contributed by atoms with van der Waals surface area (Å²) in [5, 5.41) is 2.54. The number of ether oxygens (including phenoxy) is 3. The van der Waals surface area contributed by atoms with Gasteiger partial charge in [0.05, 0.1) is 6.20 Å². The lowest BCUT2D eigenvalue weighted by atomic mass is 10.2. The molecule has 98 valence electrons. The normalized spacial score (nSPS) is 13.9. The van der Waals surface area contributed by atoms with Gasteiger partial charge in [-0.25, -0.2) is 9.78 Å². The average molecular weight is 252 g/mol. The molecule has 6 nitrogen and oxygen atoms in total. The van der Waals surface area contributed by atoms with Crippen LogP contribution in [0.4, 0.5) is 10.6 Å². The molecule has 0 saturated carbocycles. The maximum Gasteiger partial charge on any atom is 0.413 e. The Kier molecular flexibility index (Phi) is 3.27. The van der Waals surface area contributed by atoms with Crippen LogP contribution in [0.3, 0.4) is 0 Å². The molecule has 2 rings (SSSR count). The third kappa shape index (κ3) is 3.26. The summed E-state index contributed by atoms with van der Waals surface area (Å²) in [6, 6.07) is 1.61. The van der Waals surface area contributed by atoms with Crippen LogP contribution in [-0.2, 0) is 4.74 Å². The van der Waals surface area contributed by atoms with Gasteiger partial charge in [0.25, 0.3) is 0 Å². The van der Waals surface area contributed by atoms with Gasteiger partial charge in [-0.15, -0.1) is 0 Å². The lowest BCUT2D eigenvalue weighted by Gasteiger charge is -2.20. The van der Waals surface area contributed by atoms with Crippen molar-refractivity contribution >= 4 is 11.9 Å². The van der Waals surface area contributed by atoms with E-state index in [1.54, 1.807) is 26.8 Å². The van der Waals surface area contributed by atoms with Crippen molar-refractivity contribution in [1.29, 1.82) is 0 Å². The van der Waals surface area contributed by atoms with Gasteiger partial charge >= 0.3 is 6.09 Å². The van der Waals surface area contributed by atoms with Crippen molar-refractivity contribution in [2.75, 3.05) is 18.5 Å². The fourth-order valence-corrected chi connectivity index (χ4v) is 1.43. The van der Waals surface area contributed by atoms with E-state index in [0.717, 1.165) is 0 Å². The Balaban J connectivity index is 2.04. The van der Waals surface area contributed by atoms with Crippen LogP contribution in [0, 0.1) is 0 Å². The topological polar surface area (TPSA) is 69.7 Å². The molecule has 1 aromatic rings. The van der Waals surface area contributed by atoms with E-state index in [-0.39, 0.29) is 0 Å². The Morgan fingerprint density at radius 1 is 1.33 bits per heavy atom. The molecule has 0 saturated heterocycles. The zero-order valence-corrected chi connectivity index (χ0v) is 10.6. The number of rotatable bonds is 1. The number of pyridine rings is 1.